The van der Waals surface area contributed by atoms with Crippen LogP contribution in [0.2, 0.25) is 0 Å². The zero-order chi connectivity index (χ0) is 12.2. The molecular formula is C13H21NOS. The van der Waals surface area contributed by atoms with Crippen molar-refractivity contribution in [3.63, 3.8) is 0 Å². The molecule has 0 fully saturated rings. The van der Waals surface area contributed by atoms with Gasteiger partial charge in [-0.05, 0) is 23.3 Å². The van der Waals surface area contributed by atoms with Gasteiger partial charge in [0.2, 0.25) is 0 Å². The second-order valence-corrected chi connectivity index (χ2v) is 6.56. The Balaban J connectivity index is 2.34. The van der Waals surface area contributed by atoms with E-state index in [1.807, 2.05) is 17.5 Å². The van der Waals surface area contributed by atoms with Crippen molar-refractivity contribution in [1.82, 2.24) is 0 Å². The third-order valence-corrected chi connectivity index (χ3v) is 3.19. The predicted octanol–water partition coefficient (Wildman–Crippen LogP) is 3.01. The summed E-state index contributed by atoms with van der Waals surface area (Å²) < 4.78 is 0. The van der Waals surface area contributed by atoms with Gasteiger partial charge in [-0.1, -0.05) is 26.8 Å². The van der Waals surface area contributed by atoms with Crippen molar-refractivity contribution in [2.24, 2.45) is 11.1 Å². The summed E-state index contributed by atoms with van der Waals surface area (Å²) in [6.45, 7) is 6.45. The molecule has 1 unspecified atom stereocenters. The topological polar surface area (TPSA) is 43.1 Å². The first-order chi connectivity index (χ1) is 7.37. The molecule has 2 nitrogen and oxygen atoms in total. The molecule has 1 heterocycles. The van der Waals surface area contributed by atoms with Crippen molar-refractivity contribution in [1.29, 1.82) is 0 Å². The van der Waals surface area contributed by atoms with Gasteiger partial charge in [-0.25, -0.2) is 0 Å². The lowest BCUT2D eigenvalue weighted by atomic mass is 9.86. The Bertz CT molecular complexity index is 324. The van der Waals surface area contributed by atoms with Gasteiger partial charge in [-0.2, -0.15) is 0 Å². The Hall–Kier alpha value is -0.670. The summed E-state index contributed by atoms with van der Waals surface area (Å²) in [5.41, 5.74) is 6.17. The van der Waals surface area contributed by atoms with Crippen LogP contribution in [0.25, 0.3) is 0 Å². The van der Waals surface area contributed by atoms with Crippen LogP contribution in [-0.2, 0) is 11.2 Å². The van der Waals surface area contributed by atoms with E-state index in [0.29, 0.717) is 12.8 Å². The van der Waals surface area contributed by atoms with Crippen LogP contribution >= 0.6 is 11.3 Å². The standard InChI is InChI=1S/C13H21NOS/c1-13(2,3)9-10(14)7-11(15)8-12-5-4-6-16-12/h4-6,10H,7-9,14H2,1-3H3. The van der Waals surface area contributed by atoms with E-state index in [4.69, 9.17) is 5.73 Å². The molecule has 3 heteroatoms. The first kappa shape index (κ1) is 13.4. The van der Waals surface area contributed by atoms with Crippen LogP contribution in [0.3, 0.4) is 0 Å². The minimum Gasteiger partial charge on any atom is -0.327 e. The Morgan fingerprint density at radius 3 is 2.69 bits per heavy atom. The van der Waals surface area contributed by atoms with Gasteiger partial charge >= 0.3 is 0 Å². The molecule has 0 aliphatic carbocycles. The number of carbonyl (C=O) groups excluding carboxylic acids is 1. The maximum Gasteiger partial charge on any atom is 0.139 e. The van der Waals surface area contributed by atoms with Crippen LogP contribution in [0.5, 0.6) is 0 Å². The van der Waals surface area contributed by atoms with Crippen LogP contribution in [0.1, 0.15) is 38.5 Å². The molecule has 0 amide bonds. The lowest BCUT2D eigenvalue weighted by Gasteiger charge is -2.22. The normalized spacial score (nSPS) is 13.8. The number of Topliss-reactive ketones (excluding diaryl/α,β-unsaturated/α-hetero) is 1. The van der Waals surface area contributed by atoms with Gasteiger partial charge in [0.1, 0.15) is 5.78 Å². The summed E-state index contributed by atoms with van der Waals surface area (Å²) in [6, 6.07) is 3.97. The predicted molar refractivity (Wildman–Crippen MR) is 69.7 cm³/mol. The van der Waals surface area contributed by atoms with Gasteiger partial charge in [0.05, 0.1) is 0 Å². The minimum atomic E-state index is -0.00698. The molecular weight excluding hydrogens is 218 g/mol. The van der Waals surface area contributed by atoms with E-state index in [0.717, 1.165) is 11.3 Å². The number of rotatable bonds is 5. The van der Waals surface area contributed by atoms with Crippen molar-refractivity contribution in [3.8, 4) is 0 Å². The Labute approximate surface area is 102 Å². The van der Waals surface area contributed by atoms with Gasteiger partial charge in [-0.3, -0.25) is 4.79 Å². The van der Waals surface area contributed by atoms with E-state index < -0.39 is 0 Å². The molecule has 1 atom stereocenters. The second-order valence-electron chi connectivity index (χ2n) is 5.52. The summed E-state index contributed by atoms with van der Waals surface area (Å²) in [5, 5.41) is 2.00. The average molecular weight is 239 g/mol. The first-order valence-electron chi connectivity index (χ1n) is 5.66. The van der Waals surface area contributed by atoms with Crippen molar-refractivity contribution in [3.05, 3.63) is 22.4 Å². The number of nitrogens with two attached hydrogens (primary N) is 1. The van der Waals surface area contributed by atoms with Crippen LogP contribution in [-0.4, -0.2) is 11.8 Å². The molecule has 16 heavy (non-hydrogen) atoms. The van der Waals surface area contributed by atoms with E-state index in [9.17, 15) is 4.79 Å². The lowest BCUT2D eigenvalue weighted by molar-refractivity contribution is -0.118. The third kappa shape index (κ3) is 5.42. The SMILES string of the molecule is CC(C)(C)CC(N)CC(=O)Cc1cccs1. The van der Waals surface area contributed by atoms with Crippen molar-refractivity contribution in [2.45, 2.75) is 46.1 Å². The van der Waals surface area contributed by atoms with E-state index in [1.54, 1.807) is 11.3 Å². The quantitative estimate of drug-likeness (QED) is 0.858. The molecule has 0 radical (unpaired) electrons. The summed E-state index contributed by atoms with van der Waals surface area (Å²) in [6.07, 6.45) is 1.92. The zero-order valence-corrected chi connectivity index (χ0v) is 11.1. The van der Waals surface area contributed by atoms with Crippen LogP contribution in [0, 0.1) is 5.41 Å². The molecule has 0 aromatic carbocycles. The maximum absolute atomic E-state index is 11.7. The summed E-state index contributed by atoms with van der Waals surface area (Å²) in [4.78, 5) is 12.9. The zero-order valence-electron chi connectivity index (χ0n) is 10.3. The molecule has 1 aromatic rings. The third-order valence-electron chi connectivity index (χ3n) is 2.32. The number of thiophene rings is 1. The molecule has 0 aliphatic rings. The van der Waals surface area contributed by atoms with Crippen molar-refractivity contribution < 1.29 is 4.79 Å². The van der Waals surface area contributed by atoms with Crippen LogP contribution in [0.4, 0.5) is 0 Å². The van der Waals surface area contributed by atoms with E-state index in [2.05, 4.69) is 20.8 Å². The van der Waals surface area contributed by atoms with Crippen molar-refractivity contribution >= 4 is 17.1 Å². The van der Waals surface area contributed by atoms with Gasteiger partial charge in [0.15, 0.2) is 0 Å². The highest BCUT2D eigenvalue weighted by Crippen LogP contribution is 2.21. The largest absolute Gasteiger partial charge is 0.327 e. The molecule has 1 aromatic heterocycles. The monoisotopic (exact) mass is 239 g/mol. The highest BCUT2D eigenvalue weighted by atomic mass is 32.1. The van der Waals surface area contributed by atoms with Crippen LogP contribution < -0.4 is 5.73 Å². The molecule has 90 valence electrons. The van der Waals surface area contributed by atoms with Gasteiger partial charge in [0, 0.05) is 23.8 Å². The second kappa shape index (κ2) is 5.60. The van der Waals surface area contributed by atoms with E-state index in [1.165, 1.54) is 0 Å². The van der Waals surface area contributed by atoms with Gasteiger partial charge < -0.3 is 5.73 Å². The first-order valence-corrected chi connectivity index (χ1v) is 6.54. The number of hydrogen-bond acceptors (Lipinski definition) is 3. The fourth-order valence-electron chi connectivity index (χ4n) is 1.83. The summed E-state index contributed by atoms with van der Waals surface area (Å²) in [7, 11) is 0. The van der Waals surface area contributed by atoms with E-state index >= 15 is 0 Å². The number of hydrogen-bond donors (Lipinski definition) is 1. The Kier molecular flexibility index (Phi) is 4.69. The van der Waals surface area contributed by atoms with Gasteiger partial charge in [0.25, 0.3) is 0 Å². The molecule has 0 saturated carbocycles. The fourth-order valence-corrected chi connectivity index (χ4v) is 2.56. The van der Waals surface area contributed by atoms with Crippen LogP contribution in [0.15, 0.2) is 17.5 Å². The molecule has 1 rings (SSSR count). The smallest absolute Gasteiger partial charge is 0.139 e. The van der Waals surface area contributed by atoms with Crippen molar-refractivity contribution in [2.75, 3.05) is 0 Å². The number of ketones is 1. The highest BCUT2D eigenvalue weighted by molar-refractivity contribution is 7.10. The molecule has 0 saturated heterocycles. The molecule has 0 spiro atoms. The minimum absolute atomic E-state index is 0.00698. The van der Waals surface area contributed by atoms with E-state index in [-0.39, 0.29) is 17.2 Å². The Morgan fingerprint density at radius 1 is 1.50 bits per heavy atom. The summed E-state index contributed by atoms with van der Waals surface area (Å²) >= 11 is 1.63. The molecule has 0 bridgehead atoms. The molecule has 0 aliphatic heterocycles. The highest BCUT2D eigenvalue weighted by Gasteiger charge is 2.18. The average Bonchev–Trinajstić information content (AvgIpc) is 2.51. The maximum atomic E-state index is 11.7. The number of carbonyl (C=O) groups is 1. The Morgan fingerprint density at radius 2 is 2.19 bits per heavy atom. The summed E-state index contributed by atoms with van der Waals surface area (Å²) in [5.74, 6) is 0.249. The van der Waals surface area contributed by atoms with Gasteiger partial charge in [-0.15, -0.1) is 11.3 Å². The fraction of sp³-hybridized carbons (Fsp3) is 0.615. The lowest BCUT2D eigenvalue weighted by Crippen LogP contribution is -2.29. The molecule has 2 N–H and O–H groups in total.